The summed E-state index contributed by atoms with van der Waals surface area (Å²) < 4.78 is 18.2. The molecule has 1 saturated heterocycles. The minimum atomic E-state index is -1.11. The minimum Gasteiger partial charge on any atom is -0.478 e. The molecule has 0 aromatic heterocycles. The third-order valence-electron chi connectivity index (χ3n) is 2.15. The number of benzene rings is 1. The van der Waals surface area contributed by atoms with Gasteiger partial charge in [0.15, 0.2) is 0 Å². The predicted octanol–water partition coefficient (Wildman–Crippen LogP) is 1.47. The van der Waals surface area contributed by atoms with Crippen molar-refractivity contribution in [2.45, 2.75) is 12.5 Å². The van der Waals surface area contributed by atoms with Gasteiger partial charge in [-0.25, -0.2) is 9.18 Å². The summed E-state index contributed by atoms with van der Waals surface area (Å²) in [6.07, 6.45) is 0.631. The normalized spacial score (nSPS) is 19.4. The number of aromatic carboxylic acids is 1. The Kier molecular flexibility index (Phi) is 2.21. The van der Waals surface area contributed by atoms with Crippen molar-refractivity contribution in [2.75, 3.05) is 6.61 Å². The maximum absolute atomic E-state index is 13.3. The van der Waals surface area contributed by atoms with Crippen LogP contribution in [0.4, 0.5) is 4.39 Å². The van der Waals surface area contributed by atoms with Gasteiger partial charge in [0.2, 0.25) is 0 Å². The highest BCUT2D eigenvalue weighted by Crippen LogP contribution is 2.19. The molecule has 4 heteroatoms. The average Bonchev–Trinajstić information content (AvgIpc) is 2.92. The van der Waals surface area contributed by atoms with E-state index in [1.165, 1.54) is 12.1 Å². The molecule has 2 rings (SSSR count). The van der Waals surface area contributed by atoms with Crippen molar-refractivity contribution < 1.29 is 19.0 Å². The van der Waals surface area contributed by atoms with Gasteiger partial charge in [0.25, 0.3) is 0 Å². The molecule has 0 amide bonds. The van der Waals surface area contributed by atoms with Crippen LogP contribution in [0.3, 0.4) is 0 Å². The highest BCUT2D eigenvalue weighted by atomic mass is 19.1. The van der Waals surface area contributed by atoms with Gasteiger partial charge >= 0.3 is 5.97 Å². The molecule has 0 aliphatic carbocycles. The Morgan fingerprint density at radius 2 is 2.36 bits per heavy atom. The van der Waals surface area contributed by atoms with Crippen LogP contribution in [0.5, 0.6) is 0 Å². The van der Waals surface area contributed by atoms with Crippen molar-refractivity contribution >= 4 is 5.97 Å². The van der Waals surface area contributed by atoms with E-state index < -0.39 is 11.8 Å². The van der Waals surface area contributed by atoms with Gasteiger partial charge in [0.1, 0.15) is 5.82 Å². The molecule has 0 radical (unpaired) electrons. The molecule has 0 saturated carbocycles. The minimum absolute atomic E-state index is 0.0250. The second kappa shape index (κ2) is 3.38. The maximum Gasteiger partial charge on any atom is 0.335 e. The van der Waals surface area contributed by atoms with E-state index in [-0.39, 0.29) is 11.7 Å². The Labute approximate surface area is 80.1 Å². The number of epoxide rings is 1. The molecule has 0 spiro atoms. The van der Waals surface area contributed by atoms with E-state index in [2.05, 4.69) is 0 Å². The molecule has 0 bridgehead atoms. The lowest BCUT2D eigenvalue weighted by molar-refractivity contribution is 0.0696. The average molecular weight is 196 g/mol. The summed E-state index contributed by atoms with van der Waals surface area (Å²) >= 11 is 0. The second-order valence-corrected chi connectivity index (χ2v) is 3.27. The zero-order valence-corrected chi connectivity index (χ0v) is 7.37. The number of ether oxygens (including phenoxy) is 1. The molecule has 3 nitrogen and oxygen atoms in total. The Bertz CT molecular complexity index is 372. The molecule has 1 atom stereocenters. The van der Waals surface area contributed by atoms with Crippen molar-refractivity contribution in [3.63, 3.8) is 0 Å². The van der Waals surface area contributed by atoms with Crippen LogP contribution in [-0.2, 0) is 11.2 Å². The summed E-state index contributed by atoms with van der Waals surface area (Å²) in [5.74, 6) is -1.58. The lowest BCUT2D eigenvalue weighted by atomic mass is 10.1. The van der Waals surface area contributed by atoms with Crippen LogP contribution in [0.25, 0.3) is 0 Å². The Morgan fingerprint density at radius 3 is 2.86 bits per heavy atom. The van der Waals surface area contributed by atoms with Gasteiger partial charge in [0, 0.05) is 6.42 Å². The predicted molar refractivity (Wildman–Crippen MR) is 46.8 cm³/mol. The first-order valence-corrected chi connectivity index (χ1v) is 4.30. The van der Waals surface area contributed by atoms with E-state index in [0.717, 1.165) is 6.07 Å². The molecular weight excluding hydrogens is 187 g/mol. The first-order chi connectivity index (χ1) is 6.66. The summed E-state index contributed by atoms with van der Waals surface area (Å²) in [6, 6.07) is 3.95. The standard InChI is InChI=1S/C10H9FO3/c11-9-4-7(10(12)13)2-1-6(9)3-8-5-14-8/h1-2,4,8H,3,5H2,(H,12,13). The number of carbonyl (C=O) groups is 1. The van der Waals surface area contributed by atoms with Gasteiger partial charge in [-0.05, 0) is 17.7 Å². The summed E-state index contributed by atoms with van der Waals surface area (Å²) in [7, 11) is 0. The number of carboxylic acids is 1. The van der Waals surface area contributed by atoms with E-state index in [1.54, 1.807) is 0 Å². The van der Waals surface area contributed by atoms with Crippen molar-refractivity contribution in [2.24, 2.45) is 0 Å². The third-order valence-corrected chi connectivity index (χ3v) is 2.15. The summed E-state index contributed by atoms with van der Waals surface area (Å²) in [4.78, 5) is 10.5. The lowest BCUT2D eigenvalue weighted by Crippen LogP contribution is -2.01. The smallest absolute Gasteiger partial charge is 0.335 e. The molecule has 14 heavy (non-hydrogen) atoms. The maximum atomic E-state index is 13.3. The lowest BCUT2D eigenvalue weighted by Gasteiger charge is -2.01. The summed E-state index contributed by atoms with van der Waals surface area (Å²) in [5.41, 5.74) is 0.487. The van der Waals surface area contributed by atoms with Crippen molar-refractivity contribution in [1.29, 1.82) is 0 Å². The van der Waals surface area contributed by atoms with Crippen LogP contribution in [0.1, 0.15) is 15.9 Å². The monoisotopic (exact) mass is 196 g/mol. The van der Waals surface area contributed by atoms with E-state index in [1.807, 2.05) is 0 Å². The van der Waals surface area contributed by atoms with E-state index in [9.17, 15) is 9.18 Å². The fraction of sp³-hybridized carbons (Fsp3) is 0.300. The fourth-order valence-corrected chi connectivity index (χ4v) is 1.28. The van der Waals surface area contributed by atoms with Crippen LogP contribution < -0.4 is 0 Å². The second-order valence-electron chi connectivity index (χ2n) is 3.27. The zero-order valence-electron chi connectivity index (χ0n) is 7.37. The van der Waals surface area contributed by atoms with Gasteiger partial charge in [0.05, 0.1) is 18.3 Å². The third kappa shape index (κ3) is 1.90. The number of rotatable bonds is 3. The zero-order chi connectivity index (χ0) is 10.1. The van der Waals surface area contributed by atoms with E-state index in [4.69, 9.17) is 9.84 Å². The largest absolute Gasteiger partial charge is 0.478 e. The van der Waals surface area contributed by atoms with Gasteiger partial charge in [-0.3, -0.25) is 0 Å². The van der Waals surface area contributed by atoms with Gasteiger partial charge in [-0.2, -0.15) is 0 Å². The Hall–Kier alpha value is -1.42. The van der Waals surface area contributed by atoms with Crippen LogP contribution in [0, 0.1) is 5.82 Å². The van der Waals surface area contributed by atoms with E-state index >= 15 is 0 Å². The van der Waals surface area contributed by atoms with Crippen LogP contribution in [0.2, 0.25) is 0 Å². The summed E-state index contributed by atoms with van der Waals surface area (Å²) in [6.45, 7) is 0.667. The fourth-order valence-electron chi connectivity index (χ4n) is 1.28. The van der Waals surface area contributed by atoms with Gasteiger partial charge in [-0.15, -0.1) is 0 Å². The van der Waals surface area contributed by atoms with Crippen LogP contribution in [-0.4, -0.2) is 23.8 Å². The Balaban J connectivity index is 2.21. The number of halogens is 1. The molecule has 1 N–H and O–H groups in total. The van der Waals surface area contributed by atoms with Crippen LogP contribution >= 0.6 is 0 Å². The topological polar surface area (TPSA) is 49.8 Å². The highest BCUT2D eigenvalue weighted by molar-refractivity contribution is 5.87. The van der Waals surface area contributed by atoms with Gasteiger partial charge in [-0.1, -0.05) is 6.07 Å². The van der Waals surface area contributed by atoms with Crippen molar-refractivity contribution in [3.05, 3.63) is 35.1 Å². The first kappa shape index (κ1) is 9.15. The SMILES string of the molecule is O=C(O)c1ccc(CC2CO2)c(F)c1. The Morgan fingerprint density at radius 1 is 1.64 bits per heavy atom. The van der Waals surface area contributed by atoms with E-state index in [0.29, 0.717) is 18.6 Å². The highest BCUT2D eigenvalue weighted by Gasteiger charge is 2.24. The number of hydrogen-bond acceptors (Lipinski definition) is 2. The molecule has 1 aromatic carbocycles. The molecule has 74 valence electrons. The first-order valence-electron chi connectivity index (χ1n) is 4.30. The van der Waals surface area contributed by atoms with Crippen molar-refractivity contribution in [1.82, 2.24) is 0 Å². The molecule has 1 aromatic rings. The quantitative estimate of drug-likeness (QED) is 0.744. The summed E-state index contributed by atoms with van der Waals surface area (Å²) in [5, 5.41) is 8.60. The molecular formula is C10H9FO3. The van der Waals surface area contributed by atoms with Crippen LogP contribution in [0.15, 0.2) is 18.2 Å². The molecule has 1 heterocycles. The number of carboxylic acid groups (broad SMARTS) is 1. The molecule has 1 unspecified atom stereocenters. The number of hydrogen-bond donors (Lipinski definition) is 1. The van der Waals surface area contributed by atoms with Gasteiger partial charge < -0.3 is 9.84 Å². The molecule has 1 fully saturated rings. The van der Waals surface area contributed by atoms with Crippen molar-refractivity contribution in [3.8, 4) is 0 Å². The molecule has 1 aliphatic rings. The molecule has 1 aliphatic heterocycles.